The molecule has 1 N–H and O–H groups in total. The predicted molar refractivity (Wildman–Crippen MR) is 97.4 cm³/mol. The van der Waals surface area contributed by atoms with Gasteiger partial charge >= 0.3 is 0 Å². The molecule has 0 fully saturated rings. The molecule has 0 spiro atoms. The predicted octanol–water partition coefficient (Wildman–Crippen LogP) is 4.14. The third-order valence-electron chi connectivity index (χ3n) is 3.83. The second-order valence-corrected chi connectivity index (χ2v) is 6.46. The fraction of sp³-hybridized carbons (Fsp3) is 0.368. The largest absolute Gasteiger partial charge is 0.370 e. The quantitative estimate of drug-likeness (QED) is 0.642. The van der Waals surface area contributed by atoms with Crippen LogP contribution in [0.15, 0.2) is 34.9 Å². The number of hydrogen-bond acceptors (Lipinski definition) is 6. The van der Waals surface area contributed by atoms with Gasteiger partial charge in [-0.2, -0.15) is 4.98 Å². The van der Waals surface area contributed by atoms with E-state index >= 15 is 0 Å². The van der Waals surface area contributed by atoms with Crippen molar-refractivity contribution in [1.29, 1.82) is 0 Å². The molecule has 0 unspecified atom stereocenters. The molecule has 1 aromatic carbocycles. The molecule has 136 valence electrons. The van der Waals surface area contributed by atoms with Gasteiger partial charge in [0.2, 0.25) is 11.7 Å². The van der Waals surface area contributed by atoms with Crippen molar-refractivity contribution in [2.24, 2.45) is 0 Å². The minimum atomic E-state index is -0.288. The molecule has 0 aliphatic rings. The Kier molecular flexibility index (Phi) is 5.55. The van der Waals surface area contributed by atoms with Crippen molar-refractivity contribution in [3.63, 3.8) is 0 Å². The molecule has 0 bridgehead atoms. The third kappa shape index (κ3) is 4.62. The molecule has 0 radical (unpaired) electrons. The highest BCUT2D eigenvalue weighted by molar-refractivity contribution is 5.53. The topological polar surface area (TPSA) is 76.7 Å². The Labute approximate surface area is 151 Å². The summed E-state index contributed by atoms with van der Waals surface area (Å²) in [6.07, 6.45) is 1.48. The number of rotatable bonds is 7. The minimum Gasteiger partial charge on any atom is -0.370 e. The van der Waals surface area contributed by atoms with Gasteiger partial charge in [0.15, 0.2) is 0 Å². The normalized spacial score (nSPS) is 11.1. The molecule has 0 atom stereocenters. The van der Waals surface area contributed by atoms with E-state index in [2.05, 4.69) is 39.3 Å². The van der Waals surface area contributed by atoms with Crippen LogP contribution in [-0.4, -0.2) is 26.7 Å². The summed E-state index contributed by atoms with van der Waals surface area (Å²) in [7, 11) is 0. The van der Waals surface area contributed by atoms with Crippen molar-refractivity contribution in [2.45, 2.75) is 39.5 Å². The van der Waals surface area contributed by atoms with Crippen LogP contribution < -0.4 is 5.32 Å². The molecule has 7 heteroatoms. The van der Waals surface area contributed by atoms with Gasteiger partial charge in [-0.1, -0.05) is 19.0 Å². The number of anilines is 1. The number of aromatic nitrogens is 4. The molecular formula is C19H22FN5O. The molecule has 3 rings (SSSR count). The first-order chi connectivity index (χ1) is 12.5. The van der Waals surface area contributed by atoms with E-state index in [0.717, 1.165) is 35.9 Å². The summed E-state index contributed by atoms with van der Waals surface area (Å²) in [5.41, 5.74) is 1.68. The highest BCUT2D eigenvalue weighted by atomic mass is 19.1. The minimum absolute atomic E-state index is 0.288. The van der Waals surface area contributed by atoms with E-state index in [1.807, 2.05) is 13.0 Å². The fourth-order valence-corrected chi connectivity index (χ4v) is 2.47. The second-order valence-electron chi connectivity index (χ2n) is 6.46. The van der Waals surface area contributed by atoms with Crippen LogP contribution in [0.4, 0.5) is 10.2 Å². The SMILES string of the molecule is Cc1cc(NCCCc2nc(-c3ccc(F)cc3)no2)nc(C(C)C)n1. The number of nitrogens with zero attached hydrogens (tertiary/aromatic N) is 4. The van der Waals surface area contributed by atoms with Gasteiger partial charge in [0, 0.05) is 36.2 Å². The lowest BCUT2D eigenvalue weighted by atomic mass is 10.2. The highest BCUT2D eigenvalue weighted by Gasteiger charge is 2.09. The van der Waals surface area contributed by atoms with Gasteiger partial charge in [0.25, 0.3) is 0 Å². The van der Waals surface area contributed by atoms with Gasteiger partial charge in [0.1, 0.15) is 17.5 Å². The zero-order chi connectivity index (χ0) is 18.5. The van der Waals surface area contributed by atoms with Crippen molar-refractivity contribution in [1.82, 2.24) is 20.1 Å². The third-order valence-corrected chi connectivity index (χ3v) is 3.83. The molecule has 2 aromatic heterocycles. The molecule has 2 heterocycles. The fourth-order valence-electron chi connectivity index (χ4n) is 2.47. The first-order valence-corrected chi connectivity index (χ1v) is 8.69. The standard InChI is InChI=1S/C19H22FN5O/c1-12(2)18-22-13(3)11-16(23-18)21-10-4-5-17-24-19(25-26-17)14-6-8-15(20)9-7-14/h6-9,11-12H,4-5,10H2,1-3H3,(H,21,22,23). The van der Waals surface area contributed by atoms with Crippen LogP contribution in [0.1, 0.15) is 43.6 Å². The van der Waals surface area contributed by atoms with E-state index in [-0.39, 0.29) is 5.82 Å². The average molecular weight is 355 g/mol. The van der Waals surface area contributed by atoms with Crippen molar-refractivity contribution >= 4 is 5.82 Å². The number of halogens is 1. The van der Waals surface area contributed by atoms with Crippen LogP contribution in [0.25, 0.3) is 11.4 Å². The Balaban J connectivity index is 1.52. The maximum absolute atomic E-state index is 13.0. The molecule has 26 heavy (non-hydrogen) atoms. The molecular weight excluding hydrogens is 333 g/mol. The van der Waals surface area contributed by atoms with Crippen molar-refractivity contribution in [2.75, 3.05) is 11.9 Å². The Morgan fingerprint density at radius 2 is 1.88 bits per heavy atom. The second kappa shape index (κ2) is 8.03. The maximum Gasteiger partial charge on any atom is 0.227 e. The molecule has 6 nitrogen and oxygen atoms in total. The van der Waals surface area contributed by atoms with Crippen LogP contribution in [0.5, 0.6) is 0 Å². The van der Waals surface area contributed by atoms with E-state index in [1.165, 1.54) is 12.1 Å². The number of nitrogens with one attached hydrogen (secondary N) is 1. The van der Waals surface area contributed by atoms with Gasteiger partial charge in [0.05, 0.1) is 0 Å². The number of hydrogen-bond donors (Lipinski definition) is 1. The molecule has 0 saturated heterocycles. The summed E-state index contributed by atoms with van der Waals surface area (Å²) in [5, 5.41) is 7.26. The van der Waals surface area contributed by atoms with Crippen molar-refractivity contribution in [3.05, 3.63) is 53.6 Å². The van der Waals surface area contributed by atoms with Crippen LogP contribution in [0, 0.1) is 12.7 Å². The van der Waals surface area contributed by atoms with Crippen LogP contribution in [0.2, 0.25) is 0 Å². The van der Waals surface area contributed by atoms with Crippen molar-refractivity contribution < 1.29 is 8.91 Å². The number of benzene rings is 1. The van der Waals surface area contributed by atoms with E-state index in [4.69, 9.17) is 4.52 Å². The maximum atomic E-state index is 13.0. The summed E-state index contributed by atoms with van der Waals surface area (Å²) < 4.78 is 18.2. The first kappa shape index (κ1) is 18.0. The van der Waals surface area contributed by atoms with Gasteiger partial charge < -0.3 is 9.84 Å². The van der Waals surface area contributed by atoms with Crippen LogP contribution in [0.3, 0.4) is 0 Å². The Morgan fingerprint density at radius 1 is 1.12 bits per heavy atom. The smallest absolute Gasteiger partial charge is 0.227 e. The highest BCUT2D eigenvalue weighted by Crippen LogP contribution is 2.17. The monoisotopic (exact) mass is 355 g/mol. The molecule has 0 aliphatic carbocycles. The summed E-state index contributed by atoms with van der Waals surface area (Å²) in [5.74, 6) is 2.71. The Bertz CT molecular complexity index is 861. The lowest BCUT2D eigenvalue weighted by Gasteiger charge is -2.09. The summed E-state index contributed by atoms with van der Waals surface area (Å²) in [4.78, 5) is 13.3. The van der Waals surface area contributed by atoms with Crippen LogP contribution in [-0.2, 0) is 6.42 Å². The molecule has 0 amide bonds. The summed E-state index contributed by atoms with van der Waals surface area (Å²) in [6.45, 7) is 6.86. The molecule has 3 aromatic rings. The summed E-state index contributed by atoms with van der Waals surface area (Å²) in [6, 6.07) is 7.96. The zero-order valence-corrected chi connectivity index (χ0v) is 15.2. The molecule has 0 aliphatic heterocycles. The average Bonchev–Trinajstić information content (AvgIpc) is 3.08. The molecule has 0 saturated carbocycles. The van der Waals surface area contributed by atoms with Crippen molar-refractivity contribution in [3.8, 4) is 11.4 Å². The van der Waals surface area contributed by atoms with E-state index in [1.54, 1.807) is 12.1 Å². The zero-order valence-electron chi connectivity index (χ0n) is 15.2. The van der Waals surface area contributed by atoms with E-state index < -0.39 is 0 Å². The van der Waals surface area contributed by atoms with E-state index in [0.29, 0.717) is 24.1 Å². The Hall–Kier alpha value is -2.83. The van der Waals surface area contributed by atoms with Gasteiger partial charge in [-0.05, 0) is 37.6 Å². The van der Waals surface area contributed by atoms with Crippen LogP contribution >= 0.6 is 0 Å². The van der Waals surface area contributed by atoms with Gasteiger partial charge in [-0.3, -0.25) is 0 Å². The lowest BCUT2D eigenvalue weighted by molar-refractivity contribution is 0.377. The van der Waals surface area contributed by atoms with Gasteiger partial charge in [-0.25, -0.2) is 14.4 Å². The van der Waals surface area contributed by atoms with E-state index in [9.17, 15) is 4.39 Å². The summed E-state index contributed by atoms with van der Waals surface area (Å²) >= 11 is 0. The number of aryl methyl sites for hydroxylation is 2. The first-order valence-electron chi connectivity index (χ1n) is 8.69. The lowest BCUT2D eigenvalue weighted by Crippen LogP contribution is -2.08. The van der Waals surface area contributed by atoms with Gasteiger partial charge in [-0.15, -0.1) is 0 Å². The Morgan fingerprint density at radius 3 is 2.62 bits per heavy atom.